The van der Waals surface area contributed by atoms with Gasteiger partial charge in [0.15, 0.2) is 5.50 Å². The van der Waals surface area contributed by atoms with Gasteiger partial charge in [0, 0.05) is 0 Å². The number of ketones is 1. The first-order valence-electron chi connectivity index (χ1n) is 4.28. The molecule has 9 heteroatoms. The first-order chi connectivity index (χ1) is 7.85. The molecule has 0 saturated carbocycles. The zero-order valence-electron chi connectivity index (χ0n) is 8.66. The van der Waals surface area contributed by atoms with Crippen molar-refractivity contribution in [2.75, 3.05) is 6.26 Å². The Hall–Kier alpha value is -0.960. The van der Waals surface area contributed by atoms with E-state index >= 15 is 0 Å². The molecule has 0 saturated heterocycles. The van der Waals surface area contributed by atoms with E-state index in [1.807, 2.05) is 4.83 Å². The van der Waals surface area contributed by atoms with Crippen LogP contribution in [0.25, 0.3) is 0 Å². The van der Waals surface area contributed by atoms with Gasteiger partial charge >= 0.3 is 0 Å². The van der Waals surface area contributed by atoms with Gasteiger partial charge in [-0.05, 0) is 11.4 Å². The molecule has 0 aromatic carbocycles. The fourth-order valence-electron chi connectivity index (χ4n) is 0.975. The number of thiophene rings is 1. The molecule has 0 radical (unpaired) electrons. The van der Waals surface area contributed by atoms with Crippen molar-refractivity contribution in [3.63, 3.8) is 0 Å². The van der Waals surface area contributed by atoms with E-state index in [4.69, 9.17) is 11.6 Å². The summed E-state index contributed by atoms with van der Waals surface area (Å²) >= 11 is 6.87. The smallest absolute Gasteiger partial charge is 0.226 e. The largest absolute Gasteiger partial charge is 0.289 e. The number of hydrogen-bond acceptors (Lipinski definition) is 5. The molecular weight excluding hydrogens is 288 g/mol. The molecule has 6 nitrogen and oxygen atoms in total. The van der Waals surface area contributed by atoms with Crippen molar-refractivity contribution in [1.29, 1.82) is 0 Å². The van der Waals surface area contributed by atoms with Gasteiger partial charge < -0.3 is 0 Å². The number of carbonyl (C=O) groups is 2. The number of alkyl halides is 1. The predicted molar refractivity (Wildman–Crippen MR) is 64.2 cm³/mol. The molecular formula is C8H9ClN2O4S2. The van der Waals surface area contributed by atoms with Crippen molar-refractivity contribution in [2.45, 2.75) is 5.50 Å². The van der Waals surface area contributed by atoms with E-state index in [1.54, 1.807) is 11.4 Å². The van der Waals surface area contributed by atoms with Crippen LogP contribution in [0.1, 0.15) is 9.67 Å². The van der Waals surface area contributed by atoms with Gasteiger partial charge in [-0.1, -0.05) is 17.7 Å². The minimum Gasteiger partial charge on any atom is -0.289 e. The lowest BCUT2D eigenvalue weighted by molar-refractivity contribution is -0.119. The molecule has 0 aliphatic rings. The molecule has 1 N–H and O–H groups in total. The molecule has 1 aromatic rings. The van der Waals surface area contributed by atoms with Crippen LogP contribution in [0.5, 0.6) is 0 Å². The Morgan fingerprint density at radius 3 is 2.71 bits per heavy atom. The lowest BCUT2D eigenvalue weighted by atomic mass is 10.3. The zero-order chi connectivity index (χ0) is 13.1. The minimum absolute atomic E-state index is 0.143. The number of halogens is 1. The van der Waals surface area contributed by atoms with Gasteiger partial charge in [0.25, 0.3) is 0 Å². The monoisotopic (exact) mass is 296 g/mol. The Labute approximate surface area is 107 Å². The molecule has 1 aromatic heterocycles. The van der Waals surface area contributed by atoms with Crippen LogP contribution in [0.2, 0.25) is 0 Å². The summed E-state index contributed by atoms with van der Waals surface area (Å²) in [5.74, 6) is -0.551. The van der Waals surface area contributed by atoms with Gasteiger partial charge in [0.1, 0.15) is 0 Å². The third-order valence-electron chi connectivity index (χ3n) is 1.61. The molecule has 0 aliphatic heterocycles. The van der Waals surface area contributed by atoms with Crippen LogP contribution in [-0.2, 0) is 14.8 Å². The maximum absolute atomic E-state index is 11.7. The van der Waals surface area contributed by atoms with Crippen molar-refractivity contribution in [3.8, 4) is 0 Å². The van der Waals surface area contributed by atoms with Gasteiger partial charge in [-0.15, -0.1) is 16.2 Å². The highest BCUT2D eigenvalue weighted by Crippen LogP contribution is 2.15. The summed E-state index contributed by atoms with van der Waals surface area (Å²) in [5, 5.41) is 2.17. The molecule has 1 rings (SSSR count). The summed E-state index contributed by atoms with van der Waals surface area (Å²) in [5.41, 5.74) is -1.42. The molecule has 1 heterocycles. The van der Waals surface area contributed by atoms with Gasteiger partial charge in [-0.25, -0.2) is 13.4 Å². The fraction of sp³-hybridized carbons (Fsp3) is 0.250. The number of nitrogens with zero attached hydrogens (tertiary/aromatic N) is 1. The Morgan fingerprint density at radius 1 is 1.65 bits per heavy atom. The number of hydrogen-bond donors (Lipinski definition) is 1. The average molecular weight is 297 g/mol. The van der Waals surface area contributed by atoms with E-state index in [1.165, 1.54) is 6.07 Å². The second-order valence-corrected chi connectivity index (χ2v) is 6.14. The molecule has 94 valence electrons. The Balaban J connectivity index is 2.83. The van der Waals surface area contributed by atoms with Crippen molar-refractivity contribution in [1.82, 2.24) is 9.84 Å². The quantitative estimate of drug-likeness (QED) is 0.271. The molecule has 1 amide bonds. The van der Waals surface area contributed by atoms with E-state index in [0.29, 0.717) is 9.89 Å². The van der Waals surface area contributed by atoms with Gasteiger partial charge in [-0.2, -0.15) is 0 Å². The summed E-state index contributed by atoms with van der Waals surface area (Å²) in [6.07, 6.45) is 0.993. The normalized spacial score (nSPS) is 13.1. The number of carbonyl (C=O) groups excluding carboxylic acids is 2. The number of sulfonamides is 1. The van der Waals surface area contributed by atoms with Gasteiger partial charge in [0.05, 0.1) is 11.1 Å². The summed E-state index contributed by atoms with van der Waals surface area (Å²) < 4.78 is 21.9. The maximum atomic E-state index is 11.7. The van der Waals surface area contributed by atoms with Crippen LogP contribution in [0, 0.1) is 0 Å². The molecule has 1 unspecified atom stereocenters. The van der Waals surface area contributed by atoms with Crippen molar-refractivity contribution < 1.29 is 18.0 Å². The number of rotatable bonds is 6. The molecule has 17 heavy (non-hydrogen) atoms. The van der Waals surface area contributed by atoms with Crippen molar-refractivity contribution >= 4 is 45.2 Å². The third kappa shape index (κ3) is 4.08. The van der Waals surface area contributed by atoms with E-state index in [-0.39, 0.29) is 6.41 Å². The van der Waals surface area contributed by atoms with E-state index in [0.717, 1.165) is 17.6 Å². The SMILES string of the molecule is CS(=O)(=O)NN(C=O)C(Cl)C(=O)c1cccs1. The summed E-state index contributed by atoms with van der Waals surface area (Å²) in [6.45, 7) is 0. The second kappa shape index (κ2) is 5.58. The highest BCUT2D eigenvalue weighted by Gasteiger charge is 2.26. The molecule has 0 fully saturated rings. The second-order valence-electron chi connectivity index (χ2n) is 3.05. The number of nitrogens with one attached hydrogen (secondary N) is 1. The number of amides is 1. The summed E-state index contributed by atoms with van der Waals surface area (Å²) in [4.78, 5) is 24.6. The lowest BCUT2D eigenvalue weighted by Gasteiger charge is -2.20. The summed E-state index contributed by atoms with van der Waals surface area (Å²) in [7, 11) is -3.67. The van der Waals surface area contributed by atoms with Crippen molar-refractivity contribution in [3.05, 3.63) is 22.4 Å². The number of Topliss-reactive ketones (excluding diaryl/α,β-unsaturated/α-hetero) is 1. The average Bonchev–Trinajstić information content (AvgIpc) is 2.75. The molecule has 0 aliphatic carbocycles. The van der Waals surface area contributed by atoms with Crippen LogP contribution < -0.4 is 4.83 Å². The van der Waals surface area contributed by atoms with E-state index < -0.39 is 21.3 Å². The predicted octanol–water partition coefficient (Wildman–Crippen LogP) is 0.418. The fourth-order valence-corrected chi connectivity index (χ4v) is 2.53. The Morgan fingerprint density at radius 2 is 2.29 bits per heavy atom. The van der Waals surface area contributed by atoms with Crippen LogP contribution in [0.4, 0.5) is 0 Å². The topological polar surface area (TPSA) is 83.6 Å². The standard InChI is InChI=1S/C8H9ClN2O4S2/c1-17(14,15)10-11(5-12)8(9)7(13)6-3-2-4-16-6/h2-5,8,10H,1H3. The third-order valence-corrected chi connectivity index (χ3v) is 3.44. The van der Waals surface area contributed by atoms with Gasteiger partial charge in [0.2, 0.25) is 22.2 Å². The maximum Gasteiger partial charge on any atom is 0.226 e. The highest BCUT2D eigenvalue weighted by atomic mass is 35.5. The number of hydrazine groups is 1. The van der Waals surface area contributed by atoms with Gasteiger partial charge in [-0.3, -0.25) is 9.59 Å². The Kier molecular flexibility index (Phi) is 4.63. The van der Waals surface area contributed by atoms with Crippen LogP contribution in [-0.4, -0.2) is 37.4 Å². The molecule has 0 spiro atoms. The Bertz CT molecular complexity index is 500. The van der Waals surface area contributed by atoms with Crippen LogP contribution in [0.3, 0.4) is 0 Å². The summed E-state index contributed by atoms with van der Waals surface area (Å²) in [6, 6.07) is 3.18. The van der Waals surface area contributed by atoms with E-state index in [2.05, 4.69) is 0 Å². The molecule has 1 atom stereocenters. The first kappa shape index (κ1) is 14.1. The van der Waals surface area contributed by atoms with Crippen molar-refractivity contribution in [2.24, 2.45) is 0 Å². The van der Waals surface area contributed by atoms with Crippen LogP contribution >= 0.6 is 22.9 Å². The lowest BCUT2D eigenvalue weighted by Crippen LogP contribution is -2.48. The minimum atomic E-state index is -3.67. The first-order valence-corrected chi connectivity index (χ1v) is 7.49. The van der Waals surface area contributed by atoms with Crippen LogP contribution in [0.15, 0.2) is 17.5 Å². The highest BCUT2D eigenvalue weighted by molar-refractivity contribution is 7.88. The zero-order valence-corrected chi connectivity index (χ0v) is 11.1. The molecule has 0 bridgehead atoms. The van der Waals surface area contributed by atoms with E-state index in [9.17, 15) is 18.0 Å².